The summed E-state index contributed by atoms with van der Waals surface area (Å²) in [7, 11) is 0. The van der Waals surface area contributed by atoms with E-state index in [-0.39, 0.29) is 30.8 Å². The first-order valence-electron chi connectivity index (χ1n) is 10.7. The number of anilines is 1. The van der Waals surface area contributed by atoms with E-state index in [4.69, 9.17) is 21.1 Å². The van der Waals surface area contributed by atoms with E-state index in [0.717, 1.165) is 6.54 Å². The SMILES string of the molecule is O=C(CCCN1C(=O)COc2ccc(C(=O)COc3cccc(Cl)c3)cc21)NCC1CC1. The Hall–Kier alpha value is -3.06. The number of ketones is 1. The highest BCUT2D eigenvalue weighted by Crippen LogP contribution is 2.33. The van der Waals surface area contributed by atoms with E-state index in [9.17, 15) is 14.4 Å². The lowest BCUT2D eigenvalue weighted by atomic mass is 10.1. The summed E-state index contributed by atoms with van der Waals surface area (Å²) in [6.45, 7) is 0.894. The highest BCUT2D eigenvalue weighted by atomic mass is 35.5. The number of fused-ring (bicyclic) bond motifs is 1. The van der Waals surface area contributed by atoms with Crippen LogP contribution < -0.4 is 19.7 Å². The predicted molar refractivity (Wildman–Crippen MR) is 121 cm³/mol. The number of benzene rings is 2. The Balaban J connectivity index is 1.37. The molecule has 0 aromatic heterocycles. The highest BCUT2D eigenvalue weighted by Gasteiger charge is 2.27. The molecule has 8 heteroatoms. The van der Waals surface area contributed by atoms with Crippen molar-refractivity contribution < 1.29 is 23.9 Å². The van der Waals surface area contributed by atoms with Crippen LogP contribution in [0.1, 0.15) is 36.0 Å². The van der Waals surface area contributed by atoms with Crippen LogP contribution in [0.2, 0.25) is 5.02 Å². The van der Waals surface area contributed by atoms with Gasteiger partial charge >= 0.3 is 0 Å². The number of ether oxygens (including phenoxy) is 2. The van der Waals surface area contributed by atoms with Gasteiger partial charge in [0.25, 0.3) is 5.91 Å². The Kier molecular flexibility index (Phi) is 6.95. The first-order chi connectivity index (χ1) is 15.5. The van der Waals surface area contributed by atoms with Gasteiger partial charge in [-0.15, -0.1) is 0 Å². The first-order valence-corrected chi connectivity index (χ1v) is 11.1. The van der Waals surface area contributed by atoms with Crippen molar-refractivity contribution in [2.75, 3.05) is 31.2 Å². The average Bonchev–Trinajstić information content (AvgIpc) is 3.62. The van der Waals surface area contributed by atoms with Crippen molar-refractivity contribution in [1.29, 1.82) is 0 Å². The smallest absolute Gasteiger partial charge is 0.265 e. The molecular weight excluding hydrogens is 432 g/mol. The maximum atomic E-state index is 12.7. The van der Waals surface area contributed by atoms with Crippen molar-refractivity contribution in [3.8, 4) is 11.5 Å². The third-order valence-corrected chi connectivity index (χ3v) is 5.70. The van der Waals surface area contributed by atoms with Crippen molar-refractivity contribution in [1.82, 2.24) is 5.32 Å². The summed E-state index contributed by atoms with van der Waals surface area (Å²) in [5.41, 5.74) is 0.949. The van der Waals surface area contributed by atoms with Crippen LogP contribution in [0, 0.1) is 5.92 Å². The van der Waals surface area contributed by atoms with E-state index in [1.807, 2.05) is 0 Å². The van der Waals surface area contributed by atoms with Gasteiger partial charge in [-0.05, 0) is 61.6 Å². The second kappa shape index (κ2) is 10.0. The Morgan fingerprint density at radius 2 is 2.03 bits per heavy atom. The van der Waals surface area contributed by atoms with E-state index in [0.29, 0.717) is 53.1 Å². The van der Waals surface area contributed by atoms with Gasteiger partial charge < -0.3 is 19.7 Å². The van der Waals surface area contributed by atoms with Gasteiger partial charge in [0.05, 0.1) is 5.69 Å². The molecule has 0 atom stereocenters. The molecule has 1 heterocycles. The standard InChI is InChI=1S/C24H25ClN2O5/c25-18-3-1-4-19(12-18)31-14-21(28)17-8-9-22-20(11-17)27(24(30)15-32-22)10-2-5-23(29)26-13-16-6-7-16/h1,3-4,8-9,11-12,16H,2,5-7,10,13-15H2,(H,26,29). The summed E-state index contributed by atoms with van der Waals surface area (Å²) in [5, 5.41) is 3.46. The molecule has 1 saturated carbocycles. The molecule has 0 spiro atoms. The molecule has 2 aliphatic rings. The zero-order chi connectivity index (χ0) is 22.5. The van der Waals surface area contributed by atoms with E-state index < -0.39 is 0 Å². The fraction of sp³-hybridized carbons (Fsp3) is 0.375. The number of hydrogen-bond donors (Lipinski definition) is 1. The predicted octanol–water partition coefficient (Wildman–Crippen LogP) is 3.63. The number of carbonyl (C=O) groups is 3. The van der Waals surface area contributed by atoms with Crippen LogP contribution in [0.4, 0.5) is 5.69 Å². The van der Waals surface area contributed by atoms with Crippen LogP contribution in [0.3, 0.4) is 0 Å². The minimum Gasteiger partial charge on any atom is -0.485 e. The van der Waals surface area contributed by atoms with Crippen molar-refractivity contribution in [2.45, 2.75) is 25.7 Å². The maximum absolute atomic E-state index is 12.7. The summed E-state index contributed by atoms with van der Waals surface area (Å²) in [6, 6.07) is 11.8. The topological polar surface area (TPSA) is 84.9 Å². The summed E-state index contributed by atoms with van der Waals surface area (Å²) < 4.78 is 11.1. The van der Waals surface area contributed by atoms with E-state index >= 15 is 0 Å². The van der Waals surface area contributed by atoms with Crippen molar-refractivity contribution in [2.24, 2.45) is 5.92 Å². The largest absolute Gasteiger partial charge is 0.485 e. The van der Waals surface area contributed by atoms with Gasteiger partial charge in [-0.25, -0.2) is 0 Å². The number of halogens is 1. The second-order valence-corrected chi connectivity index (χ2v) is 8.47. The van der Waals surface area contributed by atoms with Crippen LogP contribution in [-0.2, 0) is 9.59 Å². The molecule has 1 fully saturated rings. The summed E-state index contributed by atoms with van der Waals surface area (Å²) in [4.78, 5) is 38.7. The van der Waals surface area contributed by atoms with Crippen LogP contribution in [0.5, 0.6) is 11.5 Å². The second-order valence-electron chi connectivity index (χ2n) is 8.04. The number of hydrogen-bond acceptors (Lipinski definition) is 5. The molecule has 168 valence electrons. The number of nitrogens with zero attached hydrogens (tertiary/aromatic N) is 1. The highest BCUT2D eigenvalue weighted by molar-refractivity contribution is 6.30. The lowest BCUT2D eigenvalue weighted by Gasteiger charge is -2.29. The molecule has 2 aromatic carbocycles. The molecule has 7 nitrogen and oxygen atoms in total. The van der Waals surface area contributed by atoms with Crippen LogP contribution in [0.15, 0.2) is 42.5 Å². The summed E-state index contributed by atoms with van der Waals surface area (Å²) in [5.74, 6) is 1.24. The molecule has 32 heavy (non-hydrogen) atoms. The lowest BCUT2D eigenvalue weighted by molar-refractivity contribution is -0.122. The normalized spacial score (nSPS) is 15.0. The van der Waals surface area contributed by atoms with Gasteiger partial charge in [0.1, 0.15) is 11.5 Å². The Morgan fingerprint density at radius 3 is 2.81 bits per heavy atom. The Morgan fingerprint density at radius 1 is 1.19 bits per heavy atom. The van der Waals surface area contributed by atoms with Gasteiger partial charge in [0.2, 0.25) is 5.91 Å². The number of carbonyl (C=O) groups excluding carboxylic acids is 3. The van der Waals surface area contributed by atoms with Crippen LogP contribution in [-0.4, -0.2) is 43.9 Å². The summed E-state index contributed by atoms with van der Waals surface area (Å²) in [6.07, 6.45) is 3.24. The average molecular weight is 457 g/mol. The Labute approximate surface area is 191 Å². The first kappa shape index (κ1) is 22.1. The molecule has 1 aliphatic carbocycles. The van der Waals surface area contributed by atoms with E-state index in [2.05, 4.69) is 5.32 Å². The molecule has 0 bridgehead atoms. The molecule has 2 amide bonds. The third-order valence-electron chi connectivity index (χ3n) is 5.46. The molecule has 2 aromatic rings. The molecule has 0 saturated heterocycles. The van der Waals surface area contributed by atoms with Crippen molar-refractivity contribution in [3.05, 3.63) is 53.1 Å². The zero-order valence-corrected chi connectivity index (χ0v) is 18.4. The molecule has 1 N–H and O–H groups in total. The monoisotopic (exact) mass is 456 g/mol. The fourth-order valence-electron chi connectivity index (χ4n) is 3.48. The fourth-order valence-corrected chi connectivity index (χ4v) is 3.66. The van der Waals surface area contributed by atoms with Gasteiger partial charge in [0.15, 0.2) is 19.0 Å². The van der Waals surface area contributed by atoms with E-state index in [1.54, 1.807) is 47.4 Å². The summed E-state index contributed by atoms with van der Waals surface area (Å²) >= 11 is 5.94. The van der Waals surface area contributed by atoms with Crippen molar-refractivity contribution in [3.63, 3.8) is 0 Å². The number of Topliss-reactive ketones (excluding diaryl/α,β-unsaturated/α-hetero) is 1. The molecule has 1 aliphatic heterocycles. The number of amides is 2. The minimum atomic E-state index is -0.231. The third kappa shape index (κ3) is 5.79. The van der Waals surface area contributed by atoms with Crippen molar-refractivity contribution >= 4 is 34.9 Å². The number of nitrogens with one attached hydrogen (secondary N) is 1. The molecule has 4 rings (SSSR count). The van der Waals surface area contributed by atoms with Gasteiger partial charge in [-0.1, -0.05) is 17.7 Å². The molecule has 0 radical (unpaired) electrons. The molecule has 0 unspecified atom stereocenters. The molecular formula is C24H25ClN2O5. The van der Waals surface area contributed by atoms with Gasteiger partial charge in [-0.3, -0.25) is 14.4 Å². The van der Waals surface area contributed by atoms with Gasteiger partial charge in [-0.2, -0.15) is 0 Å². The number of rotatable bonds is 10. The maximum Gasteiger partial charge on any atom is 0.265 e. The Bertz CT molecular complexity index is 1020. The minimum absolute atomic E-state index is 0.0000699. The zero-order valence-electron chi connectivity index (χ0n) is 17.6. The quantitative estimate of drug-likeness (QED) is 0.552. The van der Waals surface area contributed by atoms with E-state index in [1.165, 1.54) is 12.8 Å². The van der Waals surface area contributed by atoms with Gasteiger partial charge in [0, 0.05) is 30.1 Å². The lowest BCUT2D eigenvalue weighted by Crippen LogP contribution is -2.40. The van der Waals surface area contributed by atoms with Crippen LogP contribution >= 0.6 is 11.6 Å². The van der Waals surface area contributed by atoms with Crippen LogP contribution in [0.25, 0.3) is 0 Å².